The van der Waals surface area contributed by atoms with Gasteiger partial charge in [-0.1, -0.05) is 32.0 Å². The number of aryl methyl sites for hydroxylation is 1. The van der Waals surface area contributed by atoms with Crippen LogP contribution in [0.15, 0.2) is 42.5 Å². The van der Waals surface area contributed by atoms with E-state index in [9.17, 15) is 4.79 Å². The normalized spacial score (nSPS) is 11.9. The van der Waals surface area contributed by atoms with Gasteiger partial charge in [-0.2, -0.15) is 0 Å². The van der Waals surface area contributed by atoms with Crippen LogP contribution in [-0.4, -0.2) is 25.7 Å². The molecule has 1 atom stereocenters. The first-order valence-electron chi connectivity index (χ1n) is 8.59. The summed E-state index contributed by atoms with van der Waals surface area (Å²) in [6, 6.07) is 13.3. The molecule has 0 heterocycles. The smallest absolute Gasteiger partial charge is 0.251 e. The highest BCUT2D eigenvalue weighted by atomic mass is 16.5. The Bertz CT molecular complexity index is 711. The molecule has 2 aromatic rings. The third kappa shape index (κ3) is 4.99. The van der Waals surface area contributed by atoms with Gasteiger partial charge in [-0.05, 0) is 55.2 Å². The van der Waals surface area contributed by atoms with Gasteiger partial charge in [0.25, 0.3) is 5.91 Å². The molecular formula is C21H27NO3. The molecule has 0 saturated heterocycles. The molecule has 0 radical (unpaired) electrons. The molecule has 134 valence electrons. The van der Waals surface area contributed by atoms with E-state index in [1.807, 2.05) is 56.3 Å². The summed E-state index contributed by atoms with van der Waals surface area (Å²) in [5, 5.41) is 3.01. The molecule has 0 saturated carbocycles. The van der Waals surface area contributed by atoms with Crippen molar-refractivity contribution in [1.82, 2.24) is 5.32 Å². The van der Waals surface area contributed by atoms with Crippen molar-refractivity contribution in [1.29, 1.82) is 0 Å². The zero-order valence-electron chi connectivity index (χ0n) is 15.6. The first kappa shape index (κ1) is 18.8. The van der Waals surface area contributed by atoms with Crippen molar-refractivity contribution in [2.24, 2.45) is 0 Å². The maximum Gasteiger partial charge on any atom is 0.251 e. The van der Waals surface area contributed by atoms with Gasteiger partial charge in [-0.25, -0.2) is 0 Å². The molecule has 0 unspecified atom stereocenters. The number of amides is 1. The van der Waals surface area contributed by atoms with Crippen LogP contribution in [0.5, 0.6) is 11.5 Å². The Hall–Kier alpha value is -2.49. The van der Waals surface area contributed by atoms with E-state index in [1.165, 1.54) is 0 Å². The lowest BCUT2D eigenvalue weighted by molar-refractivity contribution is 0.0926. The molecule has 0 aliphatic rings. The molecule has 2 rings (SSSR count). The van der Waals surface area contributed by atoms with Crippen molar-refractivity contribution in [2.45, 2.75) is 39.7 Å². The topological polar surface area (TPSA) is 47.6 Å². The Labute approximate surface area is 150 Å². The average Bonchev–Trinajstić information content (AvgIpc) is 2.60. The number of carbonyl (C=O) groups is 1. The van der Waals surface area contributed by atoms with Crippen LogP contribution in [0.3, 0.4) is 0 Å². The standard InChI is InChI=1S/C21H27NO3/c1-14(2)18-12-19(15(3)11-20(18)24-5)21(23)22-16(4)13-25-17-9-7-6-8-10-17/h6-12,14,16H,13H2,1-5H3,(H,22,23)/t16-/m0/s1. The summed E-state index contributed by atoms with van der Waals surface area (Å²) in [6.45, 7) is 8.45. The SMILES string of the molecule is COc1cc(C)c(C(=O)N[C@@H](C)COc2ccccc2)cc1C(C)C. The Morgan fingerprint density at radius 2 is 1.80 bits per heavy atom. The van der Waals surface area contributed by atoms with Crippen LogP contribution >= 0.6 is 0 Å². The Kier molecular flexibility index (Phi) is 6.45. The van der Waals surface area contributed by atoms with Crippen molar-refractivity contribution in [2.75, 3.05) is 13.7 Å². The fourth-order valence-corrected chi connectivity index (χ4v) is 2.65. The highest BCUT2D eigenvalue weighted by Gasteiger charge is 2.17. The zero-order chi connectivity index (χ0) is 18.4. The first-order chi connectivity index (χ1) is 11.9. The second kappa shape index (κ2) is 8.56. The summed E-state index contributed by atoms with van der Waals surface area (Å²) in [5.74, 6) is 1.81. The van der Waals surface area contributed by atoms with E-state index in [-0.39, 0.29) is 17.9 Å². The minimum Gasteiger partial charge on any atom is -0.496 e. The molecule has 2 aromatic carbocycles. The van der Waals surface area contributed by atoms with Gasteiger partial charge in [-0.15, -0.1) is 0 Å². The van der Waals surface area contributed by atoms with Gasteiger partial charge in [0.1, 0.15) is 18.1 Å². The molecule has 0 fully saturated rings. The van der Waals surface area contributed by atoms with Crippen molar-refractivity contribution in [3.05, 3.63) is 59.2 Å². The molecular weight excluding hydrogens is 314 g/mol. The number of methoxy groups -OCH3 is 1. The van der Waals surface area contributed by atoms with Crippen LogP contribution < -0.4 is 14.8 Å². The van der Waals surface area contributed by atoms with Gasteiger partial charge in [0, 0.05) is 5.56 Å². The first-order valence-corrected chi connectivity index (χ1v) is 8.59. The van der Waals surface area contributed by atoms with Crippen molar-refractivity contribution in [3.8, 4) is 11.5 Å². The van der Waals surface area contributed by atoms with Crippen molar-refractivity contribution >= 4 is 5.91 Å². The molecule has 4 nitrogen and oxygen atoms in total. The Balaban J connectivity index is 2.05. The maximum absolute atomic E-state index is 12.7. The van der Waals surface area contributed by atoms with Gasteiger partial charge in [0.15, 0.2) is 0 Å². The largest absolute Gasteiger partial charge is 0.496 e. The van der Waals surface area contributed by atoms with Gasteiger partial charge >= 0.3 is 0 Å². The number of para-hydroxylation sites is 1. The Morgan fingerprint density at radius 1 is 1.12 bits per heavy atom. The molecule has 4 heteroatoms. The molecule has 1 amide bonds. The number of ether oxygens (including phenoxy) is 2. The summed E-state index contributed by atoms with van der Waals surface area (Å²) >= 11 is 0. The van der Waals surface area contributed by atoms with Crippen LogP contribution in [0.25, 0.3) is 0 Å². The van der Waals surface area contributed by atoms with Crippen LogP contribution in [0.1, 0.15) is 48.2 Å². The van der Waals surface area contributed by atoms with E-state index in [4.69, 9.17) is 9.47 Å². The third-order valence-electron chi connectivity index (χ3n) is 4.06. The minimum atomic E-state index is -0.100. The predicted octanol–water partition coefficient (Wildman–Crippen LogP) is 4.32. The summed E-state index contributed by atoms with van der Waals surface area (Å²) in [4.78, 5) is 12.7. The summed E-state index contributed by atoms with van der Waals surface area (Å²) in [7, 11) is 1.66. The van der Waals surface area contributed by atoms with Crippen molar-refractivity contribution < 1.29 is 14.3 Å². The molecule has 0 bridgehead atoms. The number of carbonyl (C=O) groups excluding carboxylic acids is 1. The molecule has 0 aliphatic carbocycles. The van der Waals surface area contributed by atoms with Gasteiger partial charge in [-0.3, -0.25) is 4.79 Å². The maximum atomic E-state index is 12.7. The van der Waals surface area contributed by atoms with Crippen molar-refractivity contribution in [3.63, 3.8) is 0 Å². The van der Waals surface area contributed by atoms with E-state index in [0.717, 1.165) is 22.6 Å². The lowest BCUT2D eigenvalue weighted by atomic mass is 9.96. The van der Waals surface area contributed by atoms with E-state index in [1.54, 1.807) is 7.11 Å². The molecule has 0 aromatic heterocycles. The second-order valence-corrected chi connectivity index (χ2v) is 6.56. The number of hydrogen-bond acceptors (Lipinski definition) is 3. The summed E-state index contributed by atoms with van der Waals surface area (Å²) in [6.07, 6.45) is 0. The van der Waals surface area contributed by atoms with E-state index in [0.29, 0.717) is 12.2 Å². The lowest BCUT2D eigenvalue weighted by Gasteiger charge is -2.18. The molecule has 1 N–H and O–H groups in total. The molecule has 0 spiro atoms. The number of benzene rings is 2. The molecule has 25 heavy (non-hydrogen) atoms. The van der Waals surface area contributed by atoms with E-state index < -0.39 is 0 Å². The number of nitrogens with one attached hydrogen (secondary N) is 1. The lowest BCUT2D eigenvalue weighted by Crippen LogP contribution is -2.37. The Morgan fingerprint density at radius 3 is 2.40 bits per heavy atom. The van der Waals surface area contributed by atoms with Crippen LogP contribution in [0.2, 0.25) is 0 Å². The van der Waals surface area contributed by atoms with E-state index >= 15 is 0 Å². The fraction of sp³-hybridized carbons (Fsp3) is 0.381. The quantitative estimate of drug-likeness (QED) is 0.816. The van der Waals surface area contributed by atoms with Crippen LogP contribution in [-0.2, 0) is 0 Å². The highest BCUT2D eigenvalue weighted by molar-refractivity contribution is 5.96. The minimum absolute atomic E-state index is 0.0915. The summed E-state index contributed by atoms with van der Waals surface area (Å²) < 4.78 is 11.1. The van der Waals surface area contributed by atoms with Crippen LogP contribution in [0, 0.1) is 6.92 Å². The van der Waals surface area contributed by atoms with Gasteiger partial charge in [0.2, 0.25) is 0 Å². The fourth-order valence-electron chi connectivity index (χ4n) is 2.65. The zero-order valence-corrected chi connectivity index (χ0v) is 15.6. The monoisotopic (exact) mass is 341 g/mol. The molecule has 0 aliphatic heterocycles. The predicted molar refractivity (Wildman–Crippen MR) is 101 cm³/mol. The van der Waals surface area contributed by atoms with Crippen LogP contribution in [0.4, 0.5) is 0 Å². The highest BCUT2D eigenvalue weighted by Crippen LogP contribution is 2.29. The van der Waals surface area contributed by atoms with E-state index in [2.05, 4.69) is 19.2 Å². The third-order valence-corrected chi connectivity index (χ3v) is 4.06. The van der Waals surface area contributed by atoms with Gasteiger partial charge in [0.05, 0.1) is 13.2 Å². The van der Waals surface area contributed by atoms with Gasteiger partial charge < -0.3 is 14.8 Å². The average molecular weight is 341 g/mol. The number of rotatable bonds is 7. The number of hydrogen-bond donors (Lipinski definition) is 1. The summed E-state index contributed by atoms with van der Waals surface area (Å²) in [5.41, 5.74) is 2.61. The second-order valence-electron chi connectivity index (χ2n) is 6.56.